The smallest absolute Gasteiger partial charge is 0.245 e. The van der Waals surface area contributed by atoms with Crippen molar-refractivity contribution < 1.29 is 53.4 Å². The van der Waals surface area contributed by atoms with E-state index in [4.69, 9.17) is 28.7 Å². The van der Waals surface area contributed by atoms with Gasteiger partial charge in [0.1, 0.15) is 54.4 Å². The fourth-order valence-corrected chi connectivity index (χ4v) is 9.13. The zero-order valence-corrected chi connectivity index (χ0v) is 44.9. The lowest BCUT2D eigenvalue weighted by atomic mass is 10.0. The van der Waals surface area contributed by atoms with Crippen LogP contribution in [0, 0.1) is 0 Å². The fourth-order valence-electron chi connectivity index (χ4n) is 8.66. The number of guanidine groups is 1. The van der Waals surface area contributed by atoms with Gasteiger partial charge in [-0.3, -0.25) is 48.1 Å². The number of likely N-dealkylation sites (tertiary alicyclic amines) is 1. The van der Waals surface area contributed by atoms with Crippen LogP contribution in [0.3, 0.4) is 0 Å². The summed E-state index contributed by atoms with van der Waals surface area (Å²) in [6.45, 7) is 0.344. The zero-order valence-electron chi connectivity index (χ0n) is 44.0. The number of aliphatic hydroxyl groups is 2. The maximum absolute atomic E-state index is 14.7. The Morgan fingerprint density at radius 2 is 1.27 bits per heavy atom. The number of aromatic nitrogens is 1. The van der Waals surface area contributed by atoms with Crippen LogP contribution >= 0.6 is 11.8 Å². The third-order valence-electron chi connectivity index (χ3n) is 13.0. The molecule has 2 heterocycles. The highest BCUT2D eigenvalue weighted by atomic mass is 32.2. The van der Waals surface area contributed by atoms with Gasteiger partial charge in [-0.05, 0) is 94.0 Å². The molecule has 2 aromatic carbocycles. The Bertz CT molecular complexity index is 2530. The van der Waals surface area contributed by atoms with E-state index in [0.717, 1.165) is 16.5 Å². The molecule has 4 rings (SSSR count). The van der Waals surface area contributed by atoms with Gasteiger partial charge < -0.3 is 86.0 Å². The van der Waals surface area contributed by atoms with E-state index in [0.29, 0.717) is 30.6 Å². The van der Waals surface area contributed by atoms with E-state index >= 15 is 0 Å². The Kier molecular flexibility index (Phi) is 26.3. The number of amides is 9. The van der Waals surface area contributed by atoms with Crippen LogP contribution in [-0.4, -0.2) is 178 Å². The Morgan fingerprint density at radius 3 is 1.88 bits per heavy atom. The largest absolute Gasteiger partial charge is 0.394 e. The summed E-state index contributed by atoms with van der Waals surface area (Å²) >= 11 is 1.39. The van der Waals surface area contributed by atoms with Crippen LogP contribution in [0.1, 0.15) is 69.4 Å². The number of carbonyl (C=O) groups excluding carboxylic acids is 9. The second-order valence-corrected chi connectivity index (χ2v) is 19.9. The number of aliphatic hydroxyl groups excluding tert-OH is 2. The van der Waals surface area contributed by atoms with Crippen molar-refractivity contribution in [3.05, 3.63) is 71.9 Å². The zero-order chi connectivity index (χ0) is 57.3. The lowest BCUT2D eigenvalue weighted by Crippen LogP contribution is -2.60. The molecule has 0 saturated carbocycles. The minimum absolute atomic E-state index is 0.0108. The highest BCUT2D eigenvalue weighted by Crippen LogP contribution is 2.21. The highest BCUT2D eigenvalue weighted by Gasteiger charge is 2.38. The SMILES string of the molecule is CSCC[C@H](NC(=O)[C@H](Cc1c[nH]c2ccccc12)NC(=O)[C@H](CCCCN)NC(=O)[C@H](C)NC(=O)[C@H](CO)NC(=O)[C@@H]1CCCN1C(=O)[C@@H](N)CO)C(=O)N[C@@H](CCCN=C(N)N)C(=O)N[C@@H](Cc1ccccc1)C(N)=O. The van der Waals surface area contributed by atoms with Gasteiger partial charge in [-0.2, -0.15) is 11.8 Å². The van der Waals surface area contributed by atoms with Gasteiger partial charge in [0.15, 0.2) is 5.96 Å². The van der Waals surface area contributed by atoms with Crippen LogP contribution in [0.25, 0.3) is 10.9 Å². The molecule has 1 fully saturated rings. The Morgan fingerprint density at radius 1 is 0.692 bits per heavy atom. The molecular formula is C51H77N15O11S. The monoisotopic (exact) mass is 1110 g/mol. The standard InChI is InChI=1S/C51H77N15O11S/c1-29(59-48(75)40(28-68)65-49(76)41-18-11-22-66(41)50(77)33(53)27-67)43(70)60-35(16-8-9-20-52)45(72)64-39(25-31-26-58-34-15-7-6-14-32(31)34)47(74)62-37(19-23-78-2)46(73)61-36(17-10-21-57-51(55)56)44(71)63-38(42(54)69)24-30-12-4-3-5-13-30/h3-7,12-15,26,29,33,35-41,58,67-68H,8-11,16-25,27-28,52-53H2,1-2H3,(H2,54,69)(H,59,75)(H,60,70)(H,61,73)(H,62,74)(H,63,71)(H,64,72)(H,65,76)(H4,55,56,57)/t29-,33-,35-,36-,37-,38-,39-,40-,41-/m0/s1. The lowest BCUT2D eigenvalue weighted by Gasteiger charge is -2.28. The van der Waals surface area contributed by atoms with E-state index in [1.54, 1.807) is 48.9 Å². The first-order chi connectivity index (χ1) is 37.3. The van der Waals surface area contributed by atoms with Gasteiger partial charge in [-0.1, -0.05) is 48.5 Å². The number of unbranched alkanes of at least 4 members (excludes halogenated alkanes) is 1. The number of rotatable bonds is 33. The van der Waals surface area contributed by atoms with Gasteiger partial charge in [-0.15, -0.1) is 0 Å². The quantitative estimate of drug-likeness (QED) is 0.0157. The average molecular weight is 1110 g/mol. The molecule has 26 nitrogen and oxygen atoms in total. The molecule has 1 aliphatic rings. The molecular weight excluding hydrogens is 1030 g/mol. The number of hydrogen-bond acceptors (Lipinski definition) is 15. The topological polar surface area (TPSA) is 440 Å². The van der Waals surface area contributed by atoms with Gasteiger partial charge in [0, 0.05) is 43.0 Å². The van der Waals surface area contributed by atoms with Crippen molar-refractivity contribution in [2.45, 2.75) is 126 Å². The molecule has 27 heteroatoms. The number of fused-ring (bicyclic) bond motifs is 1. The normalized spacial score (nSPS) is 16.2. The Labute approximate surface area is 456 Å². The summed E-state index contributed by atoms with van der Waals surface area (Å²) in [6.07, 6.45) is 5.29. The number of carbonyl (C=O) groups is 9. The third kappa shape index (κ3) is 19.6. The molecule has 1 aliphatic heterocycles. The number of aliphatic imine (C=N–C) groups is 1. The number of nitrogens with two attached hydrogens (primary N) is 5. The second-order valence-electron chi connectivity index (χ2n) is 18.9. The molecule has 428 valence electrons. The van der Waals surface area contributed by atoms with Gasteiger partial charge in [-0.25, -0.2) is 0 Å². The predicted octanol–water partition coefficient (Wildman–Crippen LogP) is -3.91. The van der Waals surface area contributed by atoms with Crippen molar-refractivity contribution in [2.24, 2.45) is 33.7 Å². The highest BCUT2D eigenvalue weighted by molar-refractivity contribution is 7.98. The van der Waals surface area contributed by atoms with Crippen molar-refractivity contribution in [3.8, 4) is 0 Å². The first-order valence-corrected chi connectivity index (χ1v) is 27.2. The van der Waals surface area contributed by atoms with E-state index < -0.39 is 121 Å². The minimum atomic E-state index is -1.55. The number of nitrogens with one attached hydrogen (secondary N) is 8. The molecule has 0 aliphatic carbocycles. The summed E-state index contributed by atoms with van der Waals surface area (Å²) < 4.78 is 0. The predicted molar refractivity (Wildman–Crippen MR) is 293 cm³/mol. The molecule has 20 N–H and O–H groups in total. The maximum atomic E-state index is 14.7. The summed E-state index contributed by atoms with van der Waals surface area (Å²) in [5.41, 5.74) is 30.3. The van der Waals surface area contributed by atoms with E-state index in [2.05, 4.69) is 47.2 Å². The number of H-pyrrole nitrogens is 1. The van der Waals surface area contributed by atoms with Gasteiger partial charge in [0.25, 0.3) is 0 Å². The van der Waals surface area contributed by atoms with Crippen LogP contribution in [-0.2, 0) is 56.0 Å². The number of aromatic amines is 1. The van der Waals surface area contributed by atoms with E-state index in [1.165, 1.54) is 23.6 Å². The summed E-state index contributed by atoms with van der Waals surface area (Å²) in [5, 5.41) is 38.7. The molecule has 1 aromatic heterocycles. The second kappa shape index (κ2) is 32.4. The maximum Gasteiger partial charge on any atom is 0.245 e. The molecule has 0 unspecified atom stereocenters. The van der Waals surface area contributed by atoms with Crippen LogP contribution in [0.2, 0.25) is 0 Å². The number of hydrogen-bond donors (Lipinski definition) is 15. The van der Waals surface area contributed by atoms with Crippen LogP contribution in [0.15, 0.2) is 65.8 Å². The number of benzene rings is 2. The first-order valence-electron chi connectivity index (χ1n) is 25.8. The summed E-state index contributed by atoms with van der Waals surface area (Å²) in [6, 6.07) is 4.63. The third-order valence-corrected chi connectivity index (χ3v) is 13.6. The number of thioether (sulfide) groups is 1. The van der Waals surface area contributed by atoms with E-state index in [1.807, 2.05) is 18.2 Å². The molecule has 9 amide bonds. The Balaban J connectivity index is 1.56. The first kappa shape index (κ1) is 63.2. The average Bonchev–Trinajstić information content (AvgIpc) is 4.09. The molecule has 0 spiro atoms. The van der Waals surface area contributed by atoms with Crippen LogP contribution in [0.4, 0.5) is 0 Å². The molecule has 9 atom stereocenters. The van der Waals surface area contributed by atoms with Gasteiger partial charge in [0.05, 0.1) is 13.2 Å². The molecule has 3 aromatic rings. The summed E-state index contributed by atoms with van der Waals surface area (Å²) in [5.74, 6) is -6.87. The Hall–Kier alpha value is -7.33. The van der Waals surface area contributed by atoms with Gasteiger partial charge in [0.2, 0.25) is 53.2 Å². The summed E-state index contributed by atoms with van der Waals surface area (Å²) in [7, 11) is 0. The minimum Gasteiger partial charge on any atom is -0.394 e. The van der Waals surface area contributed by atoms with Crippen LogP contribution < -0.4 is 65.9 Å². The van der Waals surface area contributed by atoms with Crippen molar-refractivity contribution in [2.75, 3.05) is 44.9 Å². The van der Waals surface area contributed by atoms with Crippen molar-refractivity contribution in [1.82, 2.24) is 47.1 Å². The number of para-hydroxylation sites is 1. The summed E-state index contributed by atoms with van der Waals surface area (Å²) in [4.78, 5) is 131. The van der Waals surface area contributed by atoms with Crippen molar-refractivity contribution in [1.29, 1.82) is 0 Å². The fraction of sp³-hybridized carbons (Fsp3) is 0.529. The number of primary amides is 1. The van der Waals surface area contributed by atoms with E-state index in [-0.39, 0.29) is 70.5 Å². The molecule has 1 saturated heterocycles. The van der Waals surface area contributed by atoms with Crippen molar-refractivity contribution in [3.63, 3.8) is 0 Å². The lowest BCUT2D eigenvalue weighted by molar-refractivity contribution is -0.141. The molecule has 0 radical (unpaired) electrons. The number of nitrogens with zero attached hydrogens (tertiary/aromatic N) is 2. The van der Waals surface area contributed by atoms with Gasteiger partial charge >= 0.3 is 0 Å². The van der Waals surface area contributed by atoms with Crippen LogP contribution in [0.5, 0.6) is 0 Å². The van der Waals surface area contributed by atoms with E-state index in [9.17, 15) is 53.4 Å². The molecule has 78 heavy (non-hydrogen) atoms. The molecule has 0 bridgehead atoms. The van der Waals surface area contributed by atoms with Crippen molar-refractivity contribution >= 4 is 81.8 Å².